The van der Waals surface area contributed by atoms with Gasteiger partial charge in [-0.2, -0.15) is 0 Å². The van der Waals surface area contributed by atoms with E-state index in [1.807, 2.05) is 0 Å². The molecule has 1 nitrogen and oxygen atoms in total. The van der Waals surface area contributed by atoms with Gasteiger partial charge in [0.2, 0.25) is 0 Å². The molecule has 1 aliphatic heterocycles. The lowest BCUT2D eigenvalue weighted by Gasteiger charge is -2.34. The maximum Gasteiger partial charge on any atom is 0.00112 e. The van der Waals surface area contributed by atoms with Crippen LogP contribution >= 0.6 is 0 Å². The van der Waals surface area contributed by atoms with E-state index in [1.165, 1.54) is 44.3 Å². The van der Waals surface area contributed by atoms with Crippen LogP contribution in [0.2, 0.25) is 0 Å². The van der Waals surface area contributed by atoms with Gasteiger partial charge in [0.25, 0.3) is 0 Å². The quantitative estimate of drug-likeness (QED) is 0.775. The lowest BCUT2D eigenvalue weighted by atomic mass is 9.77. The Morgan fingerprint density at radius 1 is 1.27 bits per heavy atom. The van der Waals surface area contributed by atoms with E-state index in [1.54, 1.807) is 0 Å². The zero-order valence-corrected chi connectivity index (χ0v) is 9.21. The monoisotopic (exact) mass is 201 g/mol. The van der Waals surface area contributed by atoms with Gasteiger partial charge in [-0.25, -0.2) is 0 Å². The zero-order valence-electron chi connectivity index (χ0n) is 9.21. The summed E-state index contributed by atoms with van der Waals surface area (Å²) < 4.78 is 0. The molecule has 0 spiro atoms. The molecule has 2 atom stereocenters. The summed E-state index contributed by atoms with van der Waals surface area (Å²) in [5.74, 6) is 0.961. The molecule has 0 amide bonds. The molecule has 15 heavy (non-hydrogen) atoms. The zero-order chi connectivity index (χ0) is 10.1. The molecular weight excluding hydrogens is 182 g/mol. The second-order valence-corrected chi connectivity index (χ2v) is 5.40. The Balaban J connectivity index is 1.77. The highest BCUT2D eigenvalue weighted by Gasteiger charge is 2.41. The first kappa shape index (κ1) is 9.41. The van der Waals surface area contributed by atoms with Crippen molar-refractivity contribution in [3.05, 3.63) is 35.9 Å². The van der Waals surface area contributed by atoms with Crippen LogP contribution in [-0.2, 0) is 6.42 Å². The van der Waals surface area contributed by atoms with E-state index in [0.717, 1.165) is 5.92 Å². The van der Waals surface area contributed by atoms with Crippen LogP contribution in [0.4, 0.5) is 0 Å². The third kappa shape index (κ3) is 1.81. The number of hydrogen-bond acceptors (Lipinski definition) is 1. The van der Waals surface area contributed by atoms with Gasteiger partial charge < -0.3 is 5.32 Å². The van der Waals surface area contributed by atoms with Crippen molar-refractivity contribution in [3.8, 4) is 0 Å². The first-order chi connectivity index (χ1) is 7.36. The highest BCUT2D eigenvalue weighted by molar-refractivity contribution is 5.18. The first-order valence-corrected chi connectivity index (χ1v) is 6.11. The predicted octanol–water partition coefficient (Wildman–Crippen LogP) is 2.62. The molecule has 1 aromatic carbocycles. The molecule has 2 aliphatic rings. The Bertz CT molecular complexity index is 328. The number of rotatable bonds is 2. The third-order valence-electron chi connectivity index (χ3n) is 4.16. The minimum Gasteiger partial charge on any atom is -0.316 e. The molecule has 2 fully saturated rings. The summed E-state index contributed by atoms with van der Waals surface area (Å²) >= 11 is 0. The van der Waals surface area contributed by atoms with Crippen molar-refractivity contribution in [1.29, 1.82) is 0 Å². The number of benzene rings is 1. The highest BCUT2D eigenvalue weighted by atomic mass is 14.9. The van der Waals surface area contributed by atoms with E-state index in [4.69, 9.17) is 0 Å². The van der Waals surface area contributed by atoms with Gasteiger partial charge in [-0.05, 0) is 49.1 Å². The third-order valence-corrected chi connectivity index (χ3v) is 4.16. The van der Waals surface area contributed by atoms with Crippen LogP contribution in [0.5, 0.6) is 0 Å². The average Bonchev–Trinajstić information content (AvgIpc) is 2.55. The maximum absolute atomic E-state index is 3.61. The molecule has 0 radical (unpaired) electrons. The van der Waals surface area contributed by atoms with Crippen molar-refractivity contribution in [2.75, 3.05) is 13.1 Å². The van der Waals surface area contributed by atoms with Crippen LogP contribution in [0.15, 0.2) is 30.3 Å². The smallest absolute Gasteiger partial charge is 0.00112 e. The standard InChI is InChI=1S/C14H19N/c1-2-4-12(5-3-1)8-14-7-6-13(9-14)10-15-11-14/h1-5,13,15H,6-11H2. The lowest BCUT2D eigenvalue weighted by molar-refractivity contribution is 0.229. The lowest BCUT2D eigenvalue weighted by Crippen LogP contribution is -2.40. The molecule has 3 rings (SSSR count). The Kier molecular flexibility index (Phi) is 2.28. The summed E-state index contributed by atoms with van der Waals surface area (Å²) in [6, 6.07) is 11.0. The van der Waals surface area contributed by atoms with Crippen molar-refractivity contribution in [1.82, 2.24) is 5.32 Å². The minimum absolute atomic E-state index is 0.588. The van der Waals surface area contributed by atoms with Gasteiger partial charge >= 0.3 is 0 Å². The van der Waals surface area contributed by atoms with Crippen molar-refractivity contribution < 1.29 is 0 Å². The Hall–Kier alpha value is -0.820. The van der Waals surface area contributed by atoms with Crippen LogP contribution in [0, 0.1) is 11.3 Å². The molecule has 1 heterocycles. The SMILES string of the molecule is c1ccc(CC23CCC(CNC2)C3)cc1. The summed E-state index contributed by atoms with van der Waals surface area (Å²) in [5.41, 5.74) is 2.10. The number of fused-ring (bicyclic) bond motifs is 2. The van der Waals surface area contributed by atoms with Gasteiger partial charge in [-0.15, -0.1) is 0 Å². The molecule has 2 unspecified atom stereocenters. The molecule has 1 saturated carbocycles. The summed E-state index contributed by atoms with van der Waals surface area (Å²) in [4.78, 5) is 0. The molecular formula is C14H19N. The van der Waals surface area contributed by atoms with Crippen molar-refractivity contribution in [3.63, 3.8) is 0 Å². The molecule has 1 aliphatic carbocycles. The normalized spacial score (nSPS) is 34.3. The predicted molar refractivity (Wildman–Crippen MR) is 62.8 cm³/mol. The molecule has 1 saturated heterocycles. The molecule has 1 aromatic rings. The van der Waals surface area contributed by atoms with Gasteiger partial charge in [-0.1, -0.05) is 30.3 Å². The molecule has 80 valence electrons. The second kappa shape index (κ2) is 3.64. The number of nitrogens with one attached hydrogen (secondary N) is 1. The van der Waals surface area contributed by atoms with Gasteiger partial charge in [0, 0.05) is 6.54 Å². The maximum atomic E-state index is 3.61. The minimum atomic E-state index is 0.588. The molecule has 1 heteroatoms. The van der Waals surface area contributed by atoms with Crippen LogP contribution in [0.1, 0.15) is 24.8 Å². The van der Waals surface area contributed by atoms with Crippen LogP contribution in [-0.4, -0.2) is 13.1 Å². The summed E-state index contributed by atoms with van der Waals surface area (Å²) in [6.45, 7) is 2.49. The Labute approximate surface area is 91.9 Å². The fourth-order valence-corrected chi connectivity index (χ4v) is 3.45. The van der Waals surface area contributed by atoms with Gasteiger partial charge in [0.15, 0.2) is 0 Å². The Morgan fingerprint density at radius 2 is 2.13 bits per heavy atom. The van der Waals surface area contributed by atoms with E-state index < -0.39 is 0 Å². The summed E-state index contributed by atoms with van der Waals surface area (Å²) in [6.07, 6.45) is 5.60. The van der Waals surface area contributed by atoms with Crippen LogP contribution < -0.4 is 5.32 Å². The molecule has 0 aromatic heterocycles. The van der Waals surface area contributed by atoms with Gasteiger partial charge in [-0.3, -0.25) is 0 Å². The molecule has 2 bridgehead atoms. The van der Waals surface area contributed by atoms with Gasteiger partial charge in [0.1, 0.15) is 0 Å². The second-order valence-electron chi connectivity index (χ2n) is 5.40. The Morgan fingerprint density at radius 3 is 3.00 bits per heavy atom. The van der Waals surface area contributed by atoms with Crippen molar-refractivity contribution >= 4 is 0 Å². The summed E-state index contributed by atoms with van der Waals surface area (Å²) in [7, 11) is 0. The fourth-order valence-electron chi connectivity index (χ4n) is 3.45. The topological polar surface area (TPSA) is 12.0 Å². The average molecular weight is 201 g/mol. The summed E-state index contributed by atoms with van der Waals surface area (Å²) in [5, 5.41) is 3.61. The van der Waals surface area contributed by atoms with E-state index in [9.17, 15) is 0 Å². The van der Waals surface area contributed by atoms with E-state index in [0.29, 0.717) is 5.41 Å². The van der Waals surface area contributed by atoms with Crippen molar-refractivity contribution in [2.24, 2.45) is 11.3 Å². The van der Waals surface area contributed by atoms with Crippen LogP contribution in [0.25, 0.3) is 0 Å². The fraction of sp³-hybridized carbons (Fsp3) is 0.571. The van der Waals surface area contributed by atoms with Gasteiger partial charge in [0.05, 0.1) is 0 Å². The number of hydrogen-bond donors (Lipinski definition) is 1. The number of piperidine rings is 1. The largest absolute Gasteiger partial charge is 0.316 e. The molecule has 1 N–H and O–H groups in total. The van der Waals surface area contributed by atoms with Crippen molar-refractivity contribution in [2.45, 2.75) is 25.7 Å². The van der Waals surface area contributed by atoms with E-state index in [2.05, 4.69) is 35.6 Å². The van der Waals surface area contributed by atoms with E-state index in [-0.39, 0.29) is 0 Å². The highest BCUT2D eigenvalue weighted by Crippen LogP contribution is 2.45. The first-order valence-electron chi connectivity index (χ1n) is 6.11. The van der Waals surface area contributed by atoms with Crippen LogP contribution in [0.3, 0.4) is 0 Å². The van der Waals surface area contributed by atoms with E-state index >= 15 is 0 Å².